The van der Waals surface area contributed by atoms with Crippen LogP contribution in [0.25, 0.3) is 16.6 Å². The molecule has 0 aliphatic rings. The highest BCUT2D eigenvalue weighted by atomic mass is 32.2. The molecule has 0 bridgehead atoms. The Kier molecular flexibility index (Phi) is 5.58. The van der Waals surface area contributed by atoms with E-state index in [0.717, 1.165) is 0 Å². The van der Waals surface area contributed by atoms with Gasteiger partial charge in [0.1, 0.15) is 11.5 Å². The highest BCUT2D eigenvalue weighted by molar-refractivity contribution is 7.98. The maximum Gasteiger partial charge on any atom is 0.373 e. The fourth-order valence-electron chi connectivity index (χ4n) is 3.04. The summed E-state index contributed by atoms with van der Waals surface area (Å²) in [5, 5.41) is 0.998. The van der Waals surface area contributed by atoms with Gasteiger partial charge in [0, 0.05) is 0 Å². The van der Waals surface area contributed by atoms with Gasteiger partial charge < -0.3 is 13.9 Å². The summed E-state index contributed by atoms with van der Waals surface area (Å²) in [7, 11) is 2.85. The molecule has 0 unspecified atom stereocenters. The molecule has 2 heterocycles. The first-order chi connectivity index (χ1) is 14.6. The lowest BCUT2D eigenvalue weighted by Crippen LogP contribution is -2.22. The van der Waals surface area contributed by atoms with Crippen LogP contribution in [-0.2, 0) is 10.5 Å². The molecule has 0 aliphatic carbocycles. The van der Waals surface area contributed by atoms with E-state index in [0.29, 0.717) is 39.0 Å². The smallest absolute Gasteiger partial charge is 0.373 e. The first kappa shape index (κ1) is 19.8. The van der Waals surface area contributed by atoms with E-state index >= 15 is 0 Å². The third-order valence-corrected chi connectivity index (χ3v) is 5.42. The number of fused-ring (bicyclic) bond motifs is 1. The molecule has 4 aromatic rings. The van der Waals surface area contributed by atoms with Crippen LogP contribution in [0, 0.1) is 0 Å². The van der Waals surface area contributed by atoms with Crippen molar-refractivity contribution in [2.45, 2.75) is 10.9 Å². The molecule has 7 nitrogen and oxygen atoms in total. The lowest BCUT2D eigenvalue weighted by Gasteiger charge is -2.15. The molecular weight excluding hydrogens is 404 g/mol. The molecule has 8 heteroatoms. The Balaban J connectivity index is 1.79. The first-order valence-corrected chi connectivity index (χ1v) is 10.1. The van der Waals surface area contributed by atoms with Crippen molar-refractivity contribution in [3.8, 4) is 11.4 Å². The van der Waals surface area contributed by atoms with Crippen LogP contribution in [0.15, 0.2) is 75.0 Å². The van der Waals surface area contributed by atoms with Crippen molar-refractivity contribution < 1.29 is 18.7 Å². The maximum atomic E-state index is 13.3. The minimum atomic E-state index is -0.541. The van der Waals surface area contributed by atoms with Crippen LogP contribution in [0.1, 0.15) is 16.3 Å². The van der Waals surface area contributed by atoms with Gasteiger partial charge in [-0.25, -0.2) is 9.78 Å². The van der Waals surface area contributed by atoms with Crippen molar-refractivity contribution in [3.63, 3.8) is 0 Å². The van der Waals surface area contributed by atoms with Gasteiger partial charge in [0.15, 0.2) is 5.16 Å². The zero-order chi connectivity index (χ0) is 21.1. The van der Waals surface area contributed by atoms with Crippen LogP contribution in [-0.4, -0.2) is 29.7 Å². The van der Waals surface area contributed by atoms with E-state index in [1.54, 1.807) is 37.4 Å². The van der Waals surface area contributed by atoms with Gasteiger partial charge in [-0.1, -0.05) is 36.0 Å². The Morgan fingerprint density at radius 3 is 2.63 bits per heavy atom. The Morgan fingerprint density at radius 2 is 1.83 bits per heavy atom. The molecule has 152 valence electrons. The molecular formula is C22H18N2O5S. The number of esters is 1. The Labute approximate surface area is 176 Å². The predicted molar refractivity (Wildman–Crippen MR) is 114 cm³/mol. The van der Waals surface area contributed by atoms with Crippen LogP contribution in [0.5, 0.6) is 5.75 Å². The third kappa shape index (κ3) is 3.69. The summed E-state index contributed by atoms with van der Waals surface area (Å²) in [4.78, 5) is 29.6. The number of rotatable bonds is 6. The number of para-hydroxylation sites is 3. The molecule has 0 fully saturated rings. The molecule has 0 aliphatic heterocycles. The molecule has 4 rings (SSSR count). The van der Waals surface area contributed by atoms with Crippen molar-refractivity contribution in [2.24, 2.45) is 0 Å². The molecule has 0 atom stereocenters. The van der Waals surface area contributed by atoms with Gasteiger partial charge in [-0.3, -0.25) is 9.36 Å². The minimum absolute atomic E-state index is 0.127. The summed E-state index contributed by atoms with van der Waals surface area (Å²) in [5.74, 6) is 1.08. The summed E-state index contributed by atoms with van der Waals surface area (Å²) in [6.45, 7) is 0. The summed E-state index contributed by atoms with van der Waals surface area (Å²) < 4.78 is 17.2. The lowest BCUT2D eigenvalue weighted by molar-refractivity contribution is 0.0563. The molecule has 0 spiro atoms. The number of aromatic nitrogens is 2. The number of ether oxygens (including phenoxy) is 2. The second-order valence-corrected chi connectivity index (χ2v) is 7.21. The minimum Gasteiger partial charge on any atom is -0.495 e. The van der Waals surface area contributed by atoms with E-state index in [4.69, 9.17) is 14.1 Å². The maximum absolute atomic E-state index is 13.3. The van der Waals surface area contributed by atoms with Gasteiger partial charge in [-0.05, 0) is 36.4 Å². The second-order valence-electron chi connectivity index (χ2n) is 6.27. The second kappa shape index (κ2) is 8.46. The van der Waals surface area contributed by atoms with Gasteiger partial charge in [0.25, 0.3) is 5.56 Å². The molecule has 2 aromatic heterocycles. The van der Waals surface area contributed by atoms with Gasteiger partial charge in [0.2, 0.25) is 5.76 Å². The zero-order valence-electron chi connectivity index (χ0n) is 16.3. The number of thioether (sulfide) groups is 1. The van der Waals surface area contributed by atoms with E-state index in [9.17, 15) is 9.59 Å². The average Bonchev–Trinajstić information content (AvgIpc) is 3.26. The number of furan rings is 1. The number of hydrogen-bond acceptors (Lipinski definition) is 7. The molecule has 0 radical (unpaired) electrons. The largest absolute Gasteiger partial charge is 0.495 e. The van der Waals surface area contributed by atoms with Crippen LogP contribution in [0.2, 0.25) is 0 Å². The molecule has 0 amide bonds. The standard InChI is InChI=1S/C22H18N2O5S/c1-27-18-10-6-5-9-17(18)24-20(25)15-7-3-4-8-16(15)23-22(24)30-13-14-11-12-19(29-14)21(26)28-2/h3-12H,13H2,1-2H3. The van der Waals surface area contributed by atoms with E-state index in [2.05, 4.69) is 4.74 Å². The fraction of sp³-hybridized carbons (Fsp3) is 0.136. The third-order valence-electron chi connectivity index (χ3n) is 4.46. The quantitative estimate of drug-likeness (QED) is 0.263. The summed E-state index contributed by atoms with van der Waals surface area (Å²) in [5.41, 5.74) is 1.01. The number of carbonyl (C=O) groups excluding carboxylic acids is 1. The molecule has 30 heavy (non-hydrogen) atoms. The Hall–Kier alpha value is -3.52. The number of hydrogen-bond donors (Lipinski definition) is 0. The number of methoxy groups -OCH3 is 2. The van der Waals surface area contributed by atoms with Crippen LogP contribution in [0.4, 0.5) is 0 Å². The van der Waals surface area contributed by atoms with Crippen molar-refractivity contribution in [1.29, 1.82) is 0 Å². The number of carbonyl (C=O) groups is 1. The molecule has 0 N–H and O–H groups in total. The van der Waals surface area contributed by atoms with E-state index in [1.165, 1.54) is 23.4 Å². The Morgan fingerprint density at radius 1 is 1.07 bits per heavy atom. The van der Waals surface area contributed by atoms with Gasteiger partial charge in [-0.15, -0.1) is 0 Å². The fourth-order valence-corrected chi connectivity index (χ4v) is 3.94. The molecule has 0 saturated carbocycles. The summed E-state index contributed by atoms with van der Waals surface area (Å²) in [6, 6.07) is 17.7. The van der Waals surface area contributed by atoms with Crippen LogP contribution in [0.3, 0.4) is 0 Å². The van der Waals surface area contributed by atoms with Crippen molar-refractivity contribution in [3.05, 3.63) is 82.5 Å². The van der Waals surface area contributed by atoms with Crippen molar-refractivity contribution >= 4 is 28.6 Å². The van der Waals surface area contributed by atoms with Gasteiger partial charge in [0.05, 0.1) is 36.6 Å². The normalized spacial score (nSPS) is 10.9. The highest BCUT2D eigenvalue weighted by Crippen LogP contribution is 2.29. The summed E-state index contributed by atoms with van der Waals surface area (Å²) >= 11 is 1.33. The lowest BCUT2D eigenvalue weighted by atomic mass is 10.2. The highest BCUT2D eigenvalue weighted by Gasteiger charge is 2.17. The van der Waals surface area contributed by atoms with Crippen LogP contribution >= 0.6 is 11.8 Å². The van der Waals surface area contributed by atoms with Gasteiger partial charge in [-0.2, -0.15) is 0 Å². The summed E-state index contributed by atoms with van der Waals surface area (Å²) in [6.07, 6.45) is 0. The van der Waals surface area contributed by atoms with Gasteiger partial charge >= 0.3 is 5.97 Å². The van der Waals surface area contributed by atoms with E-state index < -0.39 is 5.97 Å². The average molecular weight is 422 g/mol. The predicted octanol–water partition coefficient (Wildman–Crippen LogP) is 4.07. The Bertz CT molecular complexity index is 1280. The monoisotopic (exact) mass is 422 g/mol. The van der Waals surface area contributed by atoms with Crippen molar-refractivity contribution in [2.75, 3.05) is 14.2 Å². The van der Waals surface area contributed by atoms with E-state index in [-0.39, 0.29) is 11.3 Å². The topological polar surface area (TPSA) is 83.6 Å². The number of benzene rings is 2. The zero-order valence-corrected chi connectivity index (χ0v) is 17.1. The van der Waals surface area contributed by atoms with Crippen LogP contribution < -0.4 is 10.3 Å². The van der Waals surface area contributed by atoms with Crippen molar-refractivity contribution in [1.82, 2.24) is 9.55 Å². The molecule has 0 saturated heterocycles. The molecule has 2 aromatic carbocycles. The number of nitrogens with zero attached hydrogens (tertiary/aromatic N) is 2. The first-order valence-electron chi connectivity index (χ1n) is 9.07. The van der Waals surface area contributed by atoms with E-state index in [1.807, 2.05) is 30.3 Å². The SMILES string of the molecule is COC(=O)c1ccc(CSc2nc3ccccc3c(=O)n2-c2ccccc2OC)o1.